The first-order valence-electron chi connectivity index (χ1n) is 6.19. The van der Waals surface area contributed by atoms with Gasteiger partial charge in [0, 0.05) is 5.92 Å². The lowest BCUT2D eigenvalue weighted by atomic mass is 9.92. The smallest absolute Gasteiger partial charge is 0.162 e. The number of carbonyl (C=O) groups is 1. The molecule has 1 aromatic carbocycles. The predicted molar refractivity (Wildman–Crippen MR) is 69.5 cm³/mol. The predicted octanol–water partition coefficient (Wildman–Crippen LogP) is 3.11. The van der Waals surface area contributed by atoms with Crippen LogP contribution in [0.1, 0.15) is 24.0 Å². The van der Waals surface area contributed by atoms with E-state index >= 15 is 0 Å². The van der Waals surface area contributed by atoms with Crippen molar-refractivity contribution in [2.45, 2.75) is 12.8 Å². The number of rotatable bonds is 1. The Balaban J connectivity index is 1.89. The van der Waals surface area contributed by atoms with Crippen LogP contribution in [0.3, 0.4) is 0 Å². The minimum absolute atomic E-state index is 0.0932. The molecule has 0 N–H and O–H groups in total. The summed E-state index contributed by atoms with van der Waals surface area (Å²) in [6, 6.07) is 9.61. The van der Waals surface area contributed by atoms with Crippen molar-refractivity contribution in [3.63, 3.8) is 0 Å². The quantitative estimate of drug-likeness (QED) is 0.750. The van der Waals surface area contributed by atoms with Gasteiger partial charge >= 0.3 is 0 Å². The van der Waals surface area contributed by atoms with Crippen LogP contribution in [0.4, 0.5) is 0 Å². The maximum Gasteiger partial charge on any atom is 0.162 e. The Hall–Kier alpha value is -2.14. The number of nitrogens with zero attached hydrogens (tertiary/aromatic N) is 1. The first-order valence-corrected chi connectivity index (χ1v) is 6.19. The SMILES string of the molecule is N#Cc1ccc(/C=C2/C[C@@H]3C=CC(=O)[C@H]2C3)cc1. The molecule has 0 aromatic heterocycles. The summed E-state index contributed by atoms with van der Waals surface area (Å²) < 4.78 is 0. The summed E-state index contributed by atoms with van der Waals surface area (Å²) in [4.78, 5) is 11.8. The average molecular weight is 235 g/mol. The average Bonchev–Trinajstić information content (AvgIpc) is 2.74. The fraction of sp³-hybridized carbons (Fsp3) is 0.250. The normalized spacial score (nSPS) is 27.5. The zero-order valence-electron chi connectivity index (χ0n) is 9.97. The van der Waals surface area contributed by atoms with E-state index in [1.165, 1.54) is 5.57 Å². The Labute approximate surface area is 106 Å². The van der Waals surface area contributed by atoms with Gasteiger partial charge in [0.15, 0.2) is 5.78 Å². The molecular weight excluding hydrogens is 222 g/mol. The van der Waals surface area contributed by atoms with Gasteiger partial charge in [0.05, 0.1) is 11.6 Å². The summed E-state index contributed by atoms with van der Waals surface area (Å²) in [5.74, 6) is 0.872. The molecule has 3 rings (SSSR count). The molecule has 2 aliphatic carbocycles. The molecule has 2 nitrogen and oxygen atoms in total. The van der Waals surface area contributed by atoms with Gasteiger partial charge < -0.3 is 0 Å². The summed E-state index contributed by atoms with van der Waals surface area (Å²) >= 11 is 0. The molecule has 2 bridgehead atoms. The summed E-state index contributed by atoms with van der Waals surface area (Å²) in [5, 5.41) is 8.75. The van der Waals surface area contributed by atoms with Crippen molar-refractivity contribution < 1.29 is 4.79 Å². The minimum atomic E-state index is 0.0932. The van der Waals surface area contributed by atoms with Crippen LogP contribution in [0.25, 0.3) is 6.08 Å². The molecule has 0 radical (unpaired) electrons. The van der Waals surface area contributed by atoms with E-state index in [1.807, 2.05) is 30.3 Å². The topological polar surface area (TPSA) is 40.9 Å². The fourth-order valence-electron chi connectivity index (χ4n) is 2.80. The van der Waals surface area contributed by atoms with Gasteiger partial charge in [0.2, 0.25) is 0 Å². The molecule has 2 heteroatoms. The Bertz CT molecular complexity index is 587. The maximum atomic E-state index is 11.8. The van der Waals surface area contributed by atoms with Gasteiger partial charge in [-0.3, -0.25) is 4.79 Å². The van der Waals surface area contributed by atoms with Gasteiger partial charge in [-0.2, -0.15) is 5.26 Å². The third kappa shape index (κ3) is 1.89. The van der Waals surface area contributed by atoms with E-state index in [2.05, 4.69) is 12.1 Å². The van der Waals surface area contributed by atoms with Crippen LogP contribution in [0, 0.1) is 23.2 Å². The lowest BCUT2D eigenvalue weighted by Crippen LogP contribution is -2.12. The summed E-state index contributed by atoms with van der Waals surface area (Å²) in [6.45, 7) is 0. The van der Waals surface area contributed by atoms with Gasteiger partial charge in [-0.15, -0.1) is 0 Å². The van der Waals surface area contributed by atoms with E-state index in [1.54, 1.807) is 6.08 Å². The highest BCUT2D eigenvalue weighted by atomic mass is 16.1. The van der Waals surface area contributed by atoms with Gasteiger partial charge in [0.25, 0.3) is 0 Å². The summed E-state index contributed by atoms with van der Waals surface area (Å²) in [5.41, 5.74) is 2.98. The van der Waals surface area contributed by atoms with Crippen LogP contribution in [0.5, 0.6) is 0 Å². The number of hydrogen-bond acceptors (Lipinski definition) is 2. The molecular formula is C16H13NO. The molecule has 0 aliphatic heterocycles. The zero-order valence-corrected chi connectivity index (χ0v) is 9.97. The van der Waals surface area contributed by atoms with Crippen LogP contribution in [0.2, 0.25) is 0 Å². The number of nitriles is 1. The van der Waals surface area contributed by atoms with Crippen molar-refractivity contribution in [2.75, 3.05) is 0 Å². The Morgan fingerprint density at radius 1 is 1.28 bits per heavy atom. The number of allylic oxidation sites excluding steroid dienone is 3. The van der Waals surface area contributed by atoms with E-state index in [-0.39, 0.29) is 11.7 Å². The monoisotopic (exact) mass is 235 g/mol. The third-order valence-electron chi connectivity index (χ3n) is 3.75. The standard InChI is InChI=1S/C16H13NO/c17-10-12-3-1-11(2-4-12)7-14-8-13-5-6-16(18)15(14)9-13/h1-7,13,15H,8-9H2/b14-7-/t13-,15-/m0/s1. The van der Waals surface area contributed by atoms with Crippen molar-refractivity contribution in [1.29, 1.82) is 5.26 Å². The number of hydrogen-bond donors (Lipinski definition) is 0. The largest absolute Gasteiger partial charge is 0.294 e. The van der Waals surface area contributed by atoms with Crippen molar-refractivity contribution >= 4 is 11.9 Å². The molecule has 0 heterocycles. The van der Waals surface area contributed by atoms with E-state index in [0.717, 1.165) is 18.4 Å². The van der Waals surface area contributed by atoms with E-state index in [9.17, 15) is 4.79 Å². The summed E-state index contributed by atoms with van der Waals surface area (Å²) in [6.07, 6.45) is 7.85. The first kappa shape index (κ1) is 11.0. The molecule has 18 heavy (non-hydrogen) atoms. The Morgan fingerprint density at radius 3 is 2.78 bits per heavy atom. The van der Waals surface area contributed by atoms with Gasteiger partial charge in [0.1, 0.15) is 0 Å². The second kappa shape index (κ2) is 4.27. The highest BCUT2D eigenvalue weighted by molar-refractivity contribution is 5.96. The van der Waals surface area contributed by atoms with Crippen LogP contribution in [-0.2, 0) is 4.79 Å². The van der Waals surface area contributed by atoms with Crippen LogP contribution < -0.4 is 0 Å². The molecule has 1 saturated carbocycles. The molecule has 0 spiro atoms. The van der Waals surface area contributed by atoms with Gasteiger partial charge in [-0.1, -0.05) is 29.9 Å². The maximum absolute atomic E-state index is 11.8. The lowest BCUT2D eigenvalue weighted by Gasteiger charge is -2.11. The molecule has 0 unspecified atom stereocenters. The second-order valence-electron chi connectivity index (χ2n) is 4.97. The number of benzene rings is 1. The van der Waals surface area contributed by atoms with Crippen LogP contribution in [0.15, 0.2) is 42.0 Å². The second-order valence-corrected chi connectivity index (χ2v) is 4.97. The highest BCUT2D eigenvalue weighted by Crippen LogP contribution is 2.41. The van der Waals surface area contributed by atoms with Crippen molar-refractivity contribution in [3.8, 4) is 6.07 Å². The van der Waals surface area contributed by atoms with Crippen molar-refractivity contribution in [1.82, 2.24) is 0 Å². The minimum Gasteiger partial charge on any atom is -0.294 e. The molecule has 88 valence electrons. The highest BCUT2D eigenvalue weighted by Gasteiger charge is 2.34. The third-order valence-corrected chi connectivity index (χ3v) is 3.75. The van der Waals surface area contributed by atoms with E-state index < -0.39 is 0 Å². The molecule has 2 atom stereocenters. The fourth-order valence-corrected chi connectivity index (χ4v) is 2.80. The van der Waals surface area contributed by atoms with Crippen LogP contribution >= 0.6 is 0 Å². The summed E-state index contributed by atoms with van der Waals surface area (Å²) in [7, 11) is 0. The molecule has 2 aliphatic rings. The lowest BCUT2D eigenvalue weighted by molar-refractivity contribution is -0.117. The van der Waals surface area contributed by atoms with Gasteiger partial charge in [-0.25, -0.2) is 0 Å². The Morgan fingerprint density at radius 2 is 2.06 bits per heavy atom. The molecule has 1 aromatic rings. The zero-order chi connectivity index (χ0) is 12.5. The van der Waals surface area contributed by atoms with Crippen molar-refractivity contribution in [3.05, 3.63) is 53.1 Å². The van der Waals surface area contributed by atoms with Gasteiger partial charge in [-0.05, 0) is 42.5 Å². The van der Waals surface area contributed by atoms with Crippen LogP contribution in [-0.4, -0.2) is 5.78 Å². The number of carbonyl (C=O) groups excluding carboxylic acids is 1. The van der Waals surface area contributed by atoms with E-state index in [4.69, 9.17) is 5.26 Å². The van der Waals surface area contributed by atoms with Crippen molar-refractivity contribution in [2.24, 2.45) is 11.8 Å². The first-order chi connectivity index (χ1) is 8.76. The number of fused-ring (bicyclic) bond motifs is 2. The molecule has 1 fully saturated rings. The molecule has 0 amide bonds. The number of ketones is 1. The molecule has 0 saturated heterocycles. The van der Waals surface area contributed by atoms with E-state index in [0.29, 0.717) is 11.5 Å². The Kier molecular flexibility index (Phi) is 2.60.